The van der Waals surface area contributed by atoms with Gasteiger partial charge in [-0.05, 0) is 36.8 Å². The van der Waals surface area contributed by atoms with Crippen LogP contribution < -0.4 is 0 Å². The van der Waals surface area contributed by atoms with Crippen molar-refractivity contribution >= 4 is 5.91 Å². The number of carbonyl (C=O) groups is 1. The molecule has 0 atom stereocenters. The summed E-state index contributed by atoms with van der Waals surface area (Å²) in [5, 5.41) is 9.42. The highest BCUT2D eigenvalue weighted by molar-refractivity contribution is 5.78. The number of aromatic nitrogens is 1. The average Bonchev–Trinajstić information content (AvgIpc) is 2.45. The van der Waals surface area contributed by atoms with Crippen LogP contribution in [-0.2, 0) is 17.8 Å². The molecule has 1 N–H and O–H groups in total. The van der Waals surface area contributed by atoms with Gasteiger partial charge in [0.2, 0.25) is 5.91 Å². The summed E-state index contributed by atoms with van der Waals surface area (Å²) in [5.74, 6) is 0.215. The molecule has 1 aromatic heterocycles. The Morgan fingerprint density at radius 2 is 2.10 bits per heavy atom. The maximum Gasteiger partial charge on any atom is 0.227 e. The number of pyridine rings is 1. The van der Waals surface area contributed by atoms with Gasteiger partial charge < -0.3 is 10.0 Å². The molecule has 0 aliphatic rings. The Bertz CT molecular complexity index is 570. The molecule has 2 aromatic rings. The van der Waals surface area contributed by atoms with Crippen LogP contribution in [0.2, 0.25) is 0 Å². The summed E-state index contributed by atoms with van der Waals surface area (Å²) in [6, 6.07) is 12.5. The summed E-state index contributed by atoms with van der Waals surface area (Å²) < 4.78 is 0. The molecule has 0 saturated carbocycles. The van der Waals surface area contributed by atoms with Gasteiger partial charge in [0.15, 0.2) is 0 Å². The van der Waals surface area contributed by atoms with Crippen molar-refractivity contribution in [2.45, 2.75) is 19.9 Å². The molecular weight excluding hydrogens is 252 g/mol. The summed E-state index contributed by atoms with van der Waals surface area (Å²) in [6.45, 7) is 3.09. The molecule has 0 saturated heterocycles. The largest absolute Gasteiger partial charge is 0.508 e. The van der Waals surface area contributed by atoms with Gasteiger partial charge >= 0.3 is 0 Å². The lowest BCUT2D eigenvalue weighted by molar-refractivity contribution is -0.130. The molecule has 1 amide bonds. The second kappa shape index (κ2) is 6.70. The Morgan fingerprint density at radius 1 is 1.25 bits per heavy atom. The number of likely N-dealkylation sites (N-methyl/N-ethyl adjacent to an activating group) is 1. The maximum absolute atomic E-state index is 12.3. The minimum absolute atomic E-state index is 0.0313. The van der Waals surface area contributed by atoms with Crippen LogP contribution in [0.3, 0.4) is 0 Å². The van der Waals surface area contributed by atoms with Gasteiger partial charge in [0.05, 0.1) is 18.7 Å². The second-order valence-electron chi connectivity index (χ2n) is 4.58. The lowest BCUT2D eigenvalue weighted by atomic mass is 10.1. The highest BCUT2D eigenvalue weighted by Gasteiger charge is 2.13. The van der Waals surface area contributed by atoms with Gasteiger partial charge in [-0.1, -0.05) is 18.2 Å². The van der Waals surface area contributed by atoms with E-state index in [4.69, 9.17) is 0 Å². The lowest BCUT2D eigenvalue weighted by Gasteiger charge is -2.20. The molecule has 104 valence electrons. The van der Waals surface area contributed by atoms with Gasteiger partial charge in [0, 0.05) is 12.7 Å². The fourth-order valence-electron chi connectivity index (χ4n) is 2.02. The first-order valence-electron chi connectivity index (χ1n) is 6.64. The van der Waals surface area contributed by atoms with Crippen LogP contribution in [0.25, 0.3) is 0 Å². The fourth-order valence-corrected chi connectivity index (χ4v) is 2.02. The van der Waals surface area contributed by atoms with Crippen LogP contribution in [0.1, 0.15) is 18.2 Å². The first kappa shape index (κ1) is 14.1. The van der Waals surface area contributed by atoms with E-state index in [1.54, 1.807) is 29.3 Å². The Morgan fingerprint density at radius 3 is 2.75 bits per heavy atom. The molecule has 2 rings (SSSR count). The quantitative estimate of drug-likeness (QED) is 0.907. The lowest BCUT2D eigenvalue weighted by Crippen LogP contribution is -2.31. The standard InChI is InChI=1S/C16H18N2O2/c1-2-18(12-14-7-3-4-9-17-14)16(20)11-13-6-5-8-15(19)10-13/h3-10,19H,2,11-12H2,1H3. The number of amides is 1. The molecular formula is C16H18N2O2. The summed E-state index contributed by atoms with van der Waals surface area (Å²) in [4.78, 5) is 18.3. The van der Waals surface area contributed by atoms with Crippen LogP contribution >= 0.6 is 0 Å². The number of hydrogen-bond donors (Lipinski definition) is 1. The van der Waals surface area contributed by atoms with Gasteiger partial charge in [-0.3, -0.25) is 9.78 Å². The highest BCUT2D eigenvalue weighted by atomic mass is 16.3. The van der Waals surface area contributed by atoms with E-state index in [1.807, 2.05) is 31.2 Å². The normalized spacial score (nSPS) is 10.2. The number of rotatable bonds is 5. The molecule has 0 spiro atoms. The number of benzene rings is 1. The zero-order valence-corrected chi connectivity index (χ0v) is 11.5. The van der Waals surface area contributed by atoms with Crippen LogP contribution in [0.4, 0.5) is 0 Å². The first-order chi connectivity index (χ1) is 9.69. The number of phenols is 1. The molecule has 20 heavy (non-hydrogen) atoms. The van der Waals surface area contributed by atoms with Crippen molar-refractivity contribution in [1.82, 2.24) is 9.88 Å². The molecule has 0 bridgehead atoms. The van der Waals surface area contributed by atoms with Crippen LogP contribution in [0.5, 0.6) is 5.75 Å². The summed E-state index contributed by atoms with van der Waals surface area (Å²) in [7, 11) is 0. The number of carbonyl (C=O) groups excluding carboxylic acids is 1. The van der Waals surface area contributed by atoms with Crippen molar-refractivity contribution in [2.75, 3.05) is 6.54 Å². The predicted molar refractivity (Wildman–Crippen MR) is 77.1 cm³/mol. The predicted octanol–water partition coefficient (Wildman–Crippen LogP) is 2.38. The Kier molecular flexibility index (Phi) is 4.71. The monoisotopic (exact) mass is 270 g/mol. The first-order valence-corrected chi connectivity index (χ1v) is 6.64. The molecule has 0 aliphatic carbocycles. The van der Waals surface area contributed by atoms with Crippen LogP contribution in [0, 0.1) is 0 Å². The van der Waals surface area contributed by atoms with Gasteiger partial charge in [0.25, 0.3) is 0 Å². The molecule has 4 heteroatoms. The Balaban J connectivity index is 2.02. The molecule has 4 nitrogen and oxygen atoms in total. The van der Waals surface area contributed by atoms with Crippen LogP contribution in [-0.4, -0.2) is 27.4 Å². The molecule has 0 unspecified atom stereocenters. The molecule has 0 radical (unpaired) electrons. The minimum atomic E-state index is 0.0313. The van der Waals surface area contributed by atoms with E-state index in [0.717, 1.165) is 11.3 Å². The smallest absolute Gasteiger partial charge is 0.227 e. The van der Waals surface area contributed by atoms with E-state index in [2.05, 4.69) is 4.98 Å². The molecule has 1 heterocycles. The molecule has 0 aliphatic heterocycles. The number of nitrogens with zero attached hydrogens (tertiary/aromatic N) is 2. The van der Waals surface area contributed by atoms with Gasteiger partial charge in [-0.25, -0.2) is 0 Å². The summed E-state index contributed by atoms with van der Waals surface area (Å²) in [5.41, 5.74) is 1.69. The average molecular weight is 270 g/mol. The SMILES string of the molecule is CCN(Cc1ccccn1)C(=O)Cc1cccc(O)c1. The number of aromatic hydroxyl groups is 1. The minimum Gasteiger partial charge on any atom is -0.508 e. The van der Waals surface area contributed by atoms with E-state index in [9.17, 15) is 9.90 Å². The Hall–Kier alpha value is -2.36. The van der Waals surface area contributed by atoms with Crippen molar-refractivity contribution in [3.8, 4) is 5.75 Å². The zero-order valence-electron chi connectivity index (χ0n) is 11.5. The van der Waals surface area contributed by atoms with Gasteiger partial charge in [0.1, 0.15) is 5.75 Å². The van der Waals surface area contributed by atoms with Crippen molar-refractivity contribution in [3.05, 3.63) is 59.9 Å². The van der Waals surface area contributed by atoms with E-state index in [-0.39, 0.29) is 18.1 Å². The highest BCUT2D eigenvalue weighted by Crippen LogP contribution is 2.13. The third kappa shape index (κ3) is 3.82. The van der Waals surface area contributed by atoms with Gasteiger partial charge in [-0.15, -0.1) is 0 Å². The molecule has 1 aromatic carbocycles. The van der Waals surface area contributed by atoms with Crippen molar-refractivity contribution in [3.63, 3.8) is 0 Å². The van der Waals surface area contributed by atoms with Crippen molar-refractivity contribution < 1.29 is 9.90 Å². The summed E-state index contributed by atoms with van der Waals surface area (Å²) in [6.07, 6.45) is 2.01. The fraction of sp³-hybridized carbons (Fsp3) is 0.250. The summed E-state index contributed by atoms with van der Waals surface area (Å²) >= 11 is 0. The van der Waals surface area contributed by atoms with E-state index >= 15 is 0 Å². The third-order valence-electron chi connectivity index (χ3n) is 3.08. The van der Waals surface area contributed by atoms with Crippen molar-refractivity contribution in [1.29, 1.82) is 0 Å². The van der Waals surface area contributed by atoms with Gasteiger partial charge in [-0.2, -0.15) is 0 Å². The van der Waals surface area contributed by atoms with E-state index in [0.29, 0.717) is 13.1 Å². The number of phenolic OH excluding ortho intramolecular Hbond substituents is 1. The maximum atomic E-state index is 12.3. The zero-order chi connectivity index (χ0) is 14.4. The third-order valence-corrected chi connectivity index (χ3v) is 3.08. The Labute approximate surface area is 118 Å². The second-order valence-corrected chi connectivity index (χ2v) is 4.58. The topological polar surface area (TPSA) is 53.4 Å². The van der Waals surface area contributed by atoms with Crippen molar-refractivity contribution in [2.24, 2.45) is 0 Å². The number of hydrogen-bond acceptors (Lipinski definition) is 3. The van der Waals surface area contributed by atoms with Crippen LogP contribution in [0.15, 0.2) is 48.7 Å². The van der Waals surface area contributed by atoms with E-state index < -0.39 is 0 Å². The molecule has 0 fully saturated rings. The van der Waals surface area contributed by atoms with E-state index in [1.165, 1.54) is 0 Å².